The molecule has 1 N–H and O–H groups in total. The fourth-order valence-corrected chi connectivity index (χ4v) is 4.10. The molecule has 1 fully saturated rings. The molecule has 0 saturated carbocycles. The van der Waals surface area contributed by atoms with Gasteiger partial charge >= 0.3 is 0 Å². The molecule has 1 amide bonds. The first-order valence-corrected chi connectivity index (χ1v) is 10.7. The molecular weight excluding hydrogens is 412 g/mol. The zero-order chi connectivity index (χ0) is 20.2. The number of amides is 1. The minimum absolute atomic E-state index is 0.120. The Morgan fingerprint density at radius 3 is 2.83 bits per heavy atom. The fourth-order valence-electron chi connectivity index (χ4n) is 3.23. The van der Waals surface area contributed by atoms with Gasteiger partial charge in [0.05, 0.1) is 30.2 Å². The third-order valence-electron chi connectivity index (χ3n) is 4.69. The van der Waals surface area contributed by atoms with Gasteiger partial charge in [-0.05, 0) is 50.1 Å². The Morgan fingerprint density at radius 1 is 1.31 bits per heavy atom. The standard InChI is InChI=1S/C20H21ClN4O3S/c1-13-17(8-10-27-13)19-23-24-20(25(19)11-16-3-2-9-28-16)29-12-18(26)22-15-6-4-14(21)5-7-15/h4-8,10,16H,2-3,9,11-12H2,1H3,(H,22,26)/t16-/m0/s1. The smallest absolute Gasteiger partial charge is 0.234 e. The third-order valence-corrected chi connectivity index (χ3v) is 5.91. The van der Waals surface area contributed by atoms with Crippen LogP contribution in [0.4, 0.5) is 5.69 Å². The zero-order valence-electron chi connectivity index (χ0n) is 15.9. The first kappa shape index (κ1) is 20.0. The second-order valence-corrected chi connectivity index (χ2v) is 8.16. The van der Waals surface area contributed by atoms with Crippen LogP contribution in [-0.4, -0.2) is 39.1 Å². The largest absolute Gasteiger partial charge is 0.469 e. The van der Waals surface area contributed by atoms with Crippen LogP contribution in [0.3, 0.4) is 0 Å². The highest BCUT2D eigenvalue weighted by atomic mass is 35.5. The van der Waals surface area contributed by atoms with Crippen LogP contribution in [0.1, 0.15) is 18.6 Å². The fraction of sp³-hybridized carbons (Fsp3) is 0.350. The molecule has 9 heteroatoms. The molecular formula is C20H21ClN4O3S. The van der Waals surface area contributed by atoms with Gasteiger partial charge in [0.25, 0.3) is 0 Å². The van der Waals surface area contributed by atoms with Crippen LogP contribution in [0.2, 0.25) is 5.02 Å². The lowest BCUT2D eigenvalue weighted by Crippen LogP contribution is -2.18. The van der Waals surface area contributed by atoms with Gasteiger partial charge in [-0.3, -0.25) is 9.36 Å². The lowest BCUT2D eigenvalue weighted by molar-refractivity contribution is -0.113. The van der Waals surface area contributed by atoms with Crippen molar-refractivity contribution in [3.8, 4) is 11.4 Å². The molecule has 0 unspecified atom stereocenters. The summed E-state index contributed by atoms with van der Waals surface area (Å²) >= 11 is 7.23. The van der Waals surface area contributed by atoms with Gasteiger partial charge in [-0.25, -0.2) is 0 Å². The number of ether oxygens (including phenoxy) is 1. The molecule has 29 heavy (non-hydrogen) atoms. The Labute approximate surface area is 177 Å². The van der Waals surface area contributed by atoms with Gasteiger partial charge < -0.3 is 14.5 Å². The topological polar surface area (TPSA) is 82.2 Å². The van der Waals surface area contributed by atoms with Crippen molar-refractivity contribution >= 4 is 35.0 Å². The molecule has 1 saturated heterocycles. The van der Waals surface area contributed by atoms with Gasteiger partial charge in [-0.1, -0.05) is 23.4 Å². The third kappa shape index (κ3) is 4.83. The summed E-state index contributed by atoms with van der Waals surface area (Å²) in [7, 11) is 0. The number of benzene rings is 1. The number of nitrogens with zero attached hydrogens (tertiary/aromatic N) is 3. The summed E-state index contributed by atoms with van der Waals surface area (Å²) in [5.41, 5.74) is 1.60. The molecule has 1 aliphatic rings. The number of rotatable bonds is 7. The van der Waals surface area contributed by atoms with E-state index in [0.717, 1.165) is 36.6 Å². The number of aryl methyl sites for hydroxylation is 1. The van der Waals surface area contributed by atoms with E-state index in [4.69, 9.17) is 20.8 Å². The molecule has 1 aliphatic heterocycles. The number of nitrogens with one attached hydrogen (secondary N) is 1. The molecule has 3 heterocycles. The molecule has 4 rings (SSSR count). The van der Waals surface area contributed by atoms with E-state index in [0.29, 0.717) is 22.4 Å². The van der Waals surface area contributed by atoms with Gasteiger partial charge in [0.2, 0.25) is 5.91 Å². The number of carbonyl (C=O) groups excluding carboxylic acids is 1. The van der Waals surface area contributed by atoms with Crippen molar-refractivity contribution in [2.45, 2.75) is 37.6 Å². The van der Waals surface area contributed by atoms with Crippen LogP contribution in [0.25, 0.3) is 11.4 Å². The number of hydrogen-bond acceptors (Lipinski definition) is 6. The molecule has 0 aliphatic carbocycles. The number of aromatic nitrogens is 3. The van der Waals surface area contributed by atoms with Crippen molar-refractivity contribution in [2.75, 3.05) is 17.7 Å². The quantitative estimate of drug-likeness (QED) is 0.557. The van der Waals surface area contributed by atoms with Crippen LogP contribution < -0.4 is 5.32 Å². The number of halogens is 1. The predicted molar refractivity (Wildman–Crippen MR) is 112 cm³/mol. The van der Waals surface area contributed by atoms with Gasteiger partial charge in [0.15, 0.2) is 11.0 Å². The Kier molecular flexibility index (Phi) is 6.22. The SMILES string of the molecule is Cc1occc1-c1nnc(SCC(=O)Nc2ccc(Cl)cc2)n1C[C@@H]1CCCO1. The minimum atomic E-state index is -0.120. The first-order chi connectivity index (χ1) is 14.1. The molecule has 0 spiro atoms. The van der Waals surface area contributed by atoms with E-state index >= 15 is 0 Å². The second kappa shape index (κ2) is 9.02. The van der Waals surface area contributed by atoms with Crippen LogP contribution in [0.5, 0.6) is 0 Å². The summed E-state index contributed by atoms with van der Waals surface area (Å²) in [6.45, 7) is 3.32. The Hall–Kier alpha value is -2.29. The average molecular weight is 433 g/mol. The number of anilines is 1. The maximum atomic E-state index is 12.4. The van der Waals surface area contributed by atoms with Crippen molar-refractivity contribution in [1.82, 2.24) is 14.8 Å². The second-order valence-electron chi connectivity index (χ2n) is 6.79. The van der Waals surface area contributed by atoms with E-state index in [9.17, 15) is 4.79 Å². The highest BCUT2D eigenvalue weighted by Crippen LogP contribution is 2.29. The monoisotopic (exact) mass is 432 g/mol. The highest BCUT2D eigenvalue weighted by Gasteiger charge is 2.23. The number of thioether (sulfide) groups is 1. The van der Waals surface area contributed by atoms with Crippen LogP contribution in [0.15, 0.2) is 46.2 Å². The normalized spacial score (nSPS) is 16.3. The van der Waals surface area contributed by atoms with E-state index in [1.54, 1.807) is 30.5 Å². The summed E-state index contributed by atoms with van der Waals surface area (Å²) in [5.74, 6) is 1.61. The lowest BCUT2D eigenvalue weighted by atomic mass is 10.2. The lowest BCUT2D eigenvalue weighted by Gasteiger charge is -2.14. The van der Waals surface area contributed by atoms with Gasteiger partial charge in [0.1, 0.15) is 5.76 Å². The van der Waals surface area contributed by atoms with Crippen molar-refractivity contribution < 1.29 is 13.9 Å². The van der Waals surface area contributed by atoms with Crippen molar-refractivity contribution in [3.05, 3.63) is 47.4 Å². The highest BCUT2D eigenvalue weighted by molar-refractivity contribution is 7.99. The minimum Gasteiger partial charge on any atom is -0.469 e. The Bertz CT molecular complexity index is 980. The van der Waals surface area contributed by atoms with Gasteiger partial charge in [0, 0.05) is 17.3 Å². The van der Waals surface area contributed by atoms with Crippen LogP contribution >= 0.6 is 23.4 Å². The zero-order valence-corrected chi connectivity index (χ0v) is 17.5. The molecule has 0 radical (unpaired) electrons. The van der Waals surface area contributed by atoms with Gasteiger partial charge in [-0.2, -0.15) is 0 Å². The summed E-state index contributed by atoms with van der Waals surface area (Å²) in [4.78, 5) is 12.4. The molecule has 3 aromatic rings. The van der Waals surface area contributed by atoms with Crippen molar-refractivity contribution in [3.63, 3.8) is 0 Å². The molecule has 2 aromatic heterocycles. The van der Waals surface area contributed by atoms with E-state index in [1.807, 2.05) is 17.6 Å². The number of carbonyl (C=O) groups is 1. The maximum absolute atomic E-state index is 12.4. The first-order valence-electron chi connectivity index (χ1n) is 9.37. The van der Waals surface area contributed by atoms with E-state index < -0.39 is 0 Å². The Balaban J connectivity index is 1.48. The summed E-state index contributed by atoms with van der Waals surface area (Å²) in [6.07, 6.45) is 3.82. The number of furan rings is 1. The number of hydrogen-bond donors (Lipinski definition) is 1. The molecule has 1 atom stereocenters. The summed E-state index contributed by atoms with van der Waals surface area (Å²) in [5, 5.41) is 12.9. The molecule has 152 valence electrons. The summed E-state index contributed by atoms with van der Waals surface area (Å²) in [6, 6.07) is 8.90. The summed E-state index contributed by atoms with van der Waals surface area (Å²) < 4.78 is 13.3. The van der Waals surface area contributed by atoms with E-state index in [-0.39, 0.29) is 17.8 Å². The molecule has 7 nitrogen and oxygen atoms in total. The van der Waals surface area contributed by atoms with Gasteiger partial charge in [-0.15, -0.1) is 10.2 Å². The predicted octanol–water partition coefficient (Wildman–Crippen LogP) is 4.41. The van der Waals surface area contributed by atoms with Crippen LogP contribution in [-0.2, 0) is 16.1 Å². The van der Waals surface area contributed by atoms with Crippen molar-refractivity contribution in [2.24, 2.45) is 0 Å². The van der Waals surface area contributed by atoms with E-state index in [2.05, 4.69) is 15.5 Å². The average Bonchev–Trinajstić information content (AvgIpc) is 3.44. The maximum Gasteiger partial charge on any atom is 0.234 e. The molecule has 1 aromatic carbocycles. The van der Waals surface area contributed by atoms with Crippen molar-refractivity contribution in [1.29, 1.82) is 0 Å². The Morgan fingerprint density at radius 2 is 2.14 bits per heavy atom. The van der Waals surface area contributed by atoms with Crippen LogP contribution in [0, 0.1) is 6.92 Å². The van der Waals surface area contributed by atoms with E-state index in [1.165, 1.54) is 11.8 Å². The molecule has 0 bridgehead atoms.